The van der Waals surface area contributed by atoms with E-state index in [4.69, 9.17) is 0 Å². The summed E-state index contributed by atoms with van der Waals surface area (Å²) in [6.07, 6.45) is 5.19. The largest absolute Gasteiger partial charge is 0.334 e. The summed E-state index contributed by atoms with van der Waals surface area (Å²) in [4.78, 5) is 4.59. The van der Waals surface area contributed by atoms with Crippen LogP contribution in [0.3, 0.4) is 0 Å². The maximum absolute atomic E-state index is 4.59. The molecular formula is C13H23N3S2. The van der Waals surface area contributed by atoms with Gasteiger partial charge in [-0.2, -0.15) is 23.5 Å². The van der Waals surface area contributed by atoms with Gasteiger partial charge in [-0.25, -0.2) is 4.98 Å². The summed E-state index contributed by atoms with van der Waals surface area (Å²) in [6.45, 7) is 5.62. The maximum Gasteiger partial charge on any atom is 0.127 e. The van der Waals surface area contributed by atoms with Gasteiger partial charge >= 0.3 is 0 Å². The van der Waals surface area contributed by atoms with Gasteiger partial charge in [0.25, 0.3) is 0 Å². The van der Waals surface area contributed by atoms with Crippen molar-refractivity contribution >= 4 is 23.5 Å². The average molecular weight is 285 g/mol. The molecule has 1 aromatic rings. The lowest BCUT2D eigenvalue weighted by Crippen LogP contribution is -2.37. The van der Waals surface area contributed by atoms with E-state index in [0.717, 1.165) is 13.0 Å². The molecule has 1 saturated heterocycles. The first-order valence-electron chi connectivity index (χ1n) is 6.69. The van der Waals surface area contributed by atoms with E-state index in [1.54, 1.807) is 0 Å². The summed E-state index contributed by atoms with van der Waals surface area (Å²) < 4.78 is 2.30. The van der Waals surface area contributed by atoms with Crippen molar-refractivity contribution in [3.8, 4) is 0 Å². The second-order valence-electron chi connectivity index (χ2n) is 4.66. The zero-order valence-electron chi connectivity index (χ0n) is 11.4. The summed E-state index contributed by atoms with van der Waals surface area (Å²) in [7, 11) is 2.06. The van der Waals surface area contributed by atoms with Crippen molar-refractivity contribution in [3.05, 3.63) is 18.2 Å². The van der Waals surface area contributed by atoms with Crippen LogP contribution in [0.4, 0.5) is 0 Å². The Kier molecular flexibility index (Phi) is 5.45. The van der Waals surface area contributed by atoms with Crippen molar-refractivity contribution in [2.75, 3.05) is 18.6 Å². The third-order valence-corrected chi connectivity index (χ3v) is 6.56. The molecular weight excluding hydrogens is 262 g/mol. The minimum absolute atomic E-state index is 0.361. The predicted molar refractivity (Wildman–Crippen MR) is 82.5 cm³/mol. The number of imidazole rings is 1. The summed E-state index contributed by atoms with van der Waals surface area (Å²) in [5.41, 5.74) is 0. The van der Waals surface area contributed by atoms with E-state index in [9.17, 15) is 0 Å². The van der Waals surface area contributed by atoms with E-state index < -0.39 is 0 Å². The van der Waals surface area contributed by atoms with Crippen LogP contribution in [0.15, 0.2) is 12.4 Å². The number of hydrogen-bond acceptors (Lipinski definition) is 4. The van der Waals surface area contributed by atoms with Gasteiger partial charge in [-0.15, -0.1) is 0 Å². The highest BCUT2D eigenvalue weighted by Crippen LogP contribution is 2.38. The number of thioether (sulfide) groups is 2. The fraction of sp³-hybridized carbons (Fsp3) is 0.769. The van der Waals surface area contributed by atoms with Crippen molar-refractivity contribution in [2.24, 2.45) is 0 Å². The Bertz CT molecular complexity index is 367. The first kappa shape index (κ1) is 14.3. The first-order chi connectivity index (χ1) is 8.77. The number of rotatable bonds is 5. The molecule has 1 aliphatic heterocycles. The molecule has 1 fully saturated rings. The fourth-order valence-corrected chi connectivity index (χ4v) is 5.44. The van der Waals surface area contributed by atoms with E-state index in [2.05, 4.69) is 65.5 Å². The Hall–Kier alpha value is -0.130. The van der Waals surface area contributed by atoms with Crippen LogP contribution in [0.1, 0.15) is 32.1 Å². The molecule has 5 heteroatoms. The van der Waals surface area contributed by atoms with Gasteiger partial charge in [0.15, 0.2) is 0 Å². The lowest BCUT2D eigenvalue weighted by Gasteiger charge is -2.34. The Morgan fingerprint density at radius 1 is 1.50 bits per heavy atom. The Morgan fingerprint density at radius 2 is 2.28 bits per heavy atom. The van der Waals surface area contributed by atoms with Crippen molar-refractivity contribution in [3.63, 3.8) is 0 Å². The first-order valence-corrected chi connectivity index (χ1v) is 8.79. The molecule has 18 heavy (non-hydrogen) atoms. The summed E-state index contributed by atoms with van der Waals surface area (Å²) in [5.74, 6) is 3.74. The van der Waals surface area contributed by atoms with Gasteiger partial charge in [-0.05, 0) is 13.5 Å². The summed E-state index contributed by atoms with van der Waals surface area (Å²) in [6, 6.07) is 0.361. The topological polar surface area (TPSA) is 29.9 Å². The summed E-state index contributed by atoms with van der Waals surface area (Å²) >= 11 is 4.18. The van der Waals surface area contributed by atoms with Crippen LogP contribution >= 0.6 is 23.5 Å². The summed E-state index contributed by atoms with van der Waals surface area (Å²) in [5, 5.41) is 4.79. The van der Waals surface area contributed by atoms with Crippen LogP contribution in [-0.2, 0) is 6.54 Å². The second-order valence-corrected chi connectivity index (χ2v) is 7.43. The number of hydrogen-bond donors (Lipinski definition) is 1. The maximum atomic E-state index is 4.59. The minimum atomic E-state index is 0.361. The molecule has 0 amide bonds. The highest BCUT2D eigenvalue weighted by atomic mass is 32.2. The number of aryl methyl sites for hydroxylation is 1. The minimum Gasteiger partial charge on any atom is -0.334 e. The zero-order chi connectivity index (χ0) is 13.0. The lowest BCUT2D eigenvalue weighted by atomic mass is 10.1. The van der Waals surface area contributed by atoms with E-state index in [1.165, 1.54) is 17.3 Å². The molecule has 0 saturated carbocycles. The van der Waals surface area contributed by atoms with Gasteiger partial charge in [0.1, 0.15) is 5.82 Å². The predicted octanol–water partition coefficient (Wildman–Crippen LogP) is 2.79. The lowest BCUT2D eigenvalue weighted by molar-refractivity contribution is 0.495. The Labute approximate surface area is 119 Å². The van der Waals surface area contributed by atoms with Gasteiger partial charge in [0, 0.05) is 40.9 Å². The molecule has 3 atom stereocenters. The normalized spacial score (nSPS) is 26.2. The number of nitrogens with zero attached hydrogens (tertiary/aromatic N) is 2. The molecule has 0 aliphatic carbocycles. The van der Waals surface area contributed by atoms with Crippen LogP contribution in [0.2, 0.25) is 0 Å². The van der Waals surface area contributed by atoms with Crippen molar-refractivity contribution < 1.29 is 0 Å². The van der Waals surface area contributed by atoms with Crippen molar-refractivity contribution in [1.82, 2.24) is 14.9 Å². The van der Waals surface area contributed by atoms with E-state index in [1.807, 2.05) is 6.20 Å². The molecule has 1 N–H and O–H groups in total. The monoisotopic (exact) mass is 285 g/mol. The van der Waals surface area contributed by atoms with Crippen LogP contribution in [0.25, 0.3) is 0 Å². The Balaban J connectivity index is 2.18. The average Bonchev–Trinajstić information content (AvgIpc) is 2.82. The van der Waals surface area contributed by atoms with Gasteiger partial charge < -0.3 is 9.88 Å². The van der Waals surface area contributed by atoms with E-state index >= 15 is 0 Å². The number of nitrogens with one attached hydrogen (secondary N) is 1. The second kappa shape index (κ2) is 6.87. The van der Waals surface area contributed by atoms with Gasteiger partial charge in [0.2, 0.25) is 0 Å². The highest BCUT2D eigenvalue weighted by molar-refractivity contribution is 8.07. The van der Waals surface area contributed by atoms with Crippen LogP contribution in [-0.4, -0.2) is 38.6 Å². The highest BCUT2D eigenvalue weighted by Gasteiger charge is 2.32. The molecule has 1 aromatic heterocycles. The Morgan fingerprint density at radius 3 is 2.94 bits per heavy atom. The van der Waals surface area contributed by atoms with Gasteiger partial charge in [-0.1, -0.05) is 13.8 Å². The number of aromatic nitrogens is 2. The quantitative estimate of drug-likeness (QED) is 0.901. The third kappa shape index (κ3) is 3.06. The van der Waals surface area contributed by atoms with E-state index in [-0.39, 0.29) is 0 Å². The molecule has 0 spiro atoms. The molecule has 3 nitrogen and oxygen atoms in total. The SMILES string of the molecule is CCCn1ccnc1C(NC)C1SCCSC1C. The van der Waals surface area contributed by atoms with Crippen LogP contribution in [0, 0.1) is 0 Å². The molecule has 0 bridgehead atoms. The molecule has 0 radical (unpaired) electrons. The van der Waals surface area contributed by atoms with Crippen LogP contribution < -0.4 is 5.32 Å². The standard InChI is InChI=1S/C13H23N3S2/c1-4-6-16-7-5-15-13(16)11(14-3)12-10(2)17-8-9-18-12/h5,7,10-12,14H,4,6,8-9H2,1-3H3. The van der Waals surface area contributed by atoms with Gasteiger partial charge in [0.05, 0.1) is 6.04 Å². The molecule has 0 aromatic carbocycles. The third-order valence-electron chi connectivity index (χ3n) is 3.37. The molecule has 2 rings (SSSR count). The van der Waals surface area contributed by atoms with E-state index in [0.29, 0.717) is 16.5 Å². The molecule has 3 unspecified atom stereocenters. The molecule has 2 heterocycles. The van der Waals surface area contributed by atoms with Crippen molar-refractivity contribution in [1.29, 1.82) is 0 Å². The molecule has 102 valence electrons. The smallest absolute Gasteiger partial charge is 0.127 e. The zero-order valence-corrected chi connectivity index (χ0v) is 13.1. The molecule has 1 aliphatic rings. The fourth-order valence-electron chi connectivity index (χ4n) is 2.49. The van der Waals surface area contributed by atoms with Crippen LogP contribution in [0.5, 0.6) is 0 Å². The van der Waals surface area contributed by atoms with Gasteiger partial charge in [-0.3, -0.25) is 0 Å². The van der Waals surface area contributed by atoms with Crippen molar-refractivity contribution in [2.45, 2.75) is 43.4 Å².